The molecule has 20 heavy (non-hydrogen) atoms. The Morgan fingerprint density at radius 3 is 3.15 bits per heavy atom. The number of carbonyl (C=O) groups is 1. The third-order valence-corrected chi connectivity index (χ3v) is 4.78. The summed E-state index contributed by atoms with van der Waals surface area (Å²) in [6.07, 6.45) is 8.77. The van der Waals surface area contributed by atoms with E-state index in [-0.39, 0.29) is 0 Å². The summed E-state index contributed by atoms with van der Waals surface area (Å²) in [5.74, 6) is 1.03. The molecule has 1 aliphatic carbocycles. The average Bonchev–Trinajstić information content (AvgIpc) is 2.93. The Bertz CT molecular complexity index is 468. The van der Waals surface area contributed by atoms with Crippen molar-refractivity contribution in [2.24, 2.45) is 5.92 Å². The van der Waals surface area contributed by atoms with Crippen molar-refractivity contribution in [3.63, 3.8) is 0 Å². The van der Waals surface area contributed by atoms with E-state index in [1.165, 1.54) is 31.2 Å². The van der Waals surface area contributed by atoms with Gasteiger partial charge in [0.25, 0.3) is 0 Å². The molecule has 0 saturated carbocycles. The van der Waals surface area contributed by atoms with Gasteiger partial charge in [0.1, 0.15) is 5.76 Å². The maximum absolute atomic E-state index is 10.7. The molecule has 4 nitrogen and oxygen atoms in total. The molecule has 1 aromatic heterocycles. The van der Waals surface area contributed by atoms with E-state index in [9.17, 15) is 4.79 Å². The molecular weight excluding hydrogens is 254 g/mol. The fraction of sp³-hybridized carbons (Fsp3) is 0.688. The molecule has 2 aliphatic rings. The largest absolute Gasteiger partial charge is 0.481 e. The molecule has 4 heteroatoms. The van der Waals surface area contributed by atoms with Crippen molar-refractivity contribution < 1.29 is 14.3 Å². The molecular formula is C16H23NO3. The molecule has 1 aromatic rings. The van der Waals surface area contributed by atoms with Gasteiger partial charge >= 0.3 is 5.97 Å². The smallest absolute Gasteiger partial charge is 0.303 e. The van der Waals surface area contributed by atoms with Gasteiger partial charge in [-0.05, 0) is 50.6 Å². The van der Waals surface area contributed by atoms with Gasteiger partial charge in [0, 0.05) is 31.0 Å². The fourth-order valence-corrected chi connectivity index (χ4v) is 3.78. The topological polar surface area (TPSA) is 53.7 Å². The first-order valence-electron chi connectivity index (χ1n) is 7.76. The maximum Gasteiger partial charge on any atom is 0.303 e. The lowest BCUT2D eigenvalue weighted by Gasteiger charge is -2.39. The summed E-state index contributed by atoms with van der Waals surface area (Å²) in [4.78, 5) is 13.3. The van der Waals surface area contributed by atoms with Gasteiger partial charge in [-0.3, -0.25) is 9.69 Å². The van der Waals surface area contributed by atoms with E-state index >= 15 is 0 Å². The molecule has 2 unspecified atom stereocenters. The maximum atomic E-state index is 10.7. The molecule has 0 radical (unpaired) electrons. The molecule has 1 fully saturated rings. The highest BCUT2D eigenvalue weighted by Gasteiger charge is 2.31. The van der Waals surface area contributed by atoms with Crippen molar-refractivity contribution in [2.75, 3.05) is 13.1 Å². The molecule has 1 aliphatic heterocycles. The van der Waals surface area contributed by atoms with E-state index < -0.39 is 5.97 Å². The highest BCUT2D eigenvalue weighted by molar-refractivity contribution is 5.66. The zero-order chi connectivity index (χ0) is 13.9. The Hall–Kier alpha value is -1.29. The molecule has 2 heterocycles. The van der Waals surface area contributed by atoms with Gasteiger partial charge in [-0.25, -0.2) is 0 Å². The van der Waals surface area contributed by atoms with Crippen LogP contribution in [0.15, 0.2) is 16.7 Å². The molecule has 1 saturated heterocycles. The van der Waals surface area contributed by atoms with Crippen molar-refractivity contribution >= 4 is 5.97 Å². The van der Waals surface area contributed by atoms with Gasteiger partial charge in [0.05, 0.1) is 6.26 Å². The van der Waals surface area contributed by atoms with Gasteiger partial charge in [-0.15, -0.1) is 0 Å². The van der Waals surface area contributed by atoms with Gasteiger partial charge in [0.15, 0.2) is 0 Å². The third kappa shape index (κ3) is 2.90. The van der Waals surface area contributed by atoms with Crippen molar-refractivity contribution in [3.8, 4) is 0 Å². The van der Waals surface area contributed by atoms with E-state index in [1.807, 2.05) is 6.26 Å². The van der Waals surface area contributed by atoms with Gasteiger partial charge < -0.3 is 9.52 Å². The molecule has 0 aromatic carbocycles. The van der Waals surface area contributed by atoms with Crippen LogP contribution in [0.25, 0.3) is 0 Å². The number of furan rings is 1. The first-order chi connectivity index (χ1) is 9.74. The van der Waals surface area contributed by atoms with Crippen molar-refractivity contribution in [1.29, 1.82) is 0 Å². The summed E-state index contributed by atoms with van der Waals surface area (Å²) in [6.45, 7) is 2.18. The zero-order valence-corrected chi connectivity index (χ0v) is 11.9. The van der Waals surface area contributed by atoms with Gasteiger partial charge in [-0.1, -0.05) is 0 Å². The number of likely N-dealkylation sites (tertiary alicyclic amines) is 1. The Morgan fingerprint density at radius 2 is 2.30 bits per heavy atom. The Labute approximate surface area is 119 Å². The van der Waals surface area contributed by atoms with E-state index in [1.54, 1.807) is 0 Å². The van der Waals surface area contributed by atoms with Crippen molar-refractivity contribution in [1.82, 2.24) is 4.90 Å². The number of hydrogen-bond acceptors (Lipinski definition) is 3. The van der Waals surface area contributed by atoms with Crippen molar-refractivity contribution in [3.05, 3.63) is 23.7 Å². The van der Waals surface area contributed by atoms with Crippen LogP contribution >= 0.6 is 0 Å². The molecule has 1 N–H and O–H groups in total. The Balaban J connectivity index is 1.64. The average molecular weight is 277 g/mol. The minimum atomic E-state index is -0.670. The van der Waals surface area contributed by atoms with Crippen LogP contribution in [0.3, 0.4) is 0 Å². The predicted molar refractivity (Wildman–Crippen MR) is 75.6 cm³/mol. The second-order valence-electron chi connectivity index (χ2n) is 6.14. The summed E-state index contributed by atoms with van der Waals surface area (Å²) in [5, 5.41) is 8.84. The van der Waals surface area contributed by atoms with E-state index in [0.29, 0.717) is 18.4 Å². The third-order valence-electron chi connectivity index (χ3n) is 4.78. The van der Waals surface area contributed by atoms with Gasteiger partial charge in [0.2, 0.25) is 0 Å². The summed E-state index contributed by atoms with van der Waals surface area (Å²) in [6, 6.07) is 2.62. The molecule has 0 amide bonds. The number of rotatable bonds is 4. The lowest BCUT2D eigenvalue weighted by Crippen LogP contribution is -2.39. The Kier molecular flexibility index (Phi) is 4.10. The van der Waals surface area contributed by atoms with Crippen LogP contribution in [0.1, 0.15) is 55.9 Å². The fourth-order valence-electron chi connectivity index (χ4n) is 3.78. The molecule has 3 rings (SSSR count). The number of hydrogen-bond donors (Lipinski definition) is 1. The first-order valence-corrected chi connectivity index (χ1v) is 7.76. The number of carboxylic acid groups (broad SMARTS) is 1. The Morgan fingerprint density at radius 1 is 1.40 bits per heavy atom. The van der Waals surface area contributed by atoms with Crippen LogP contribution in [0.5, 0.6) is 0 Å². The SMILES string of the molecule is O=C(O)CCC1CCCN(C2CCCc3occc32)C1. The zero-order valence-electron chi connectivity index (χ0n) is 11.9. The van der Waals surface area contributed by atoms with Crippen LogP contribution in [-0.4, -0.2) is 29.1 Å². The second kappa shape index (κ2) is 6.00. The van der Waals surface area contributed by atoms with Crippen LogP contribution in [0.2, 0.25) is 0 Å². The lowest BCUT2D eigenvalue weighted by molar-refractivity contribution is -0.137. The number of nitrogens with zero attached hydrogens (tertiary/aromatic N) is 1. The minimum absolute atomic E-state index is 0.306. The second-order valence-corrected chi connectivity index (χ2v) is 6.14. The monoisotopic (exact) mass is 277 g/mol. The summed E-state index contributed by atoms with van der Waals surface area (Å²) in [7, 11) is 0. The summed E-state index contributed by atoms with van der Waals surface area (Å²) < 4.78 is 5.58. The molecule has 0 spiro atoms. The standard InChI is InChI=1S/C16H23NO3/c18-16(19)7-6-12-3-2-9-17(11-12)14-4-1-5-15-13(14)8-10-20-15/h8,10,12,14H,1-7,9,11H2,(H,18,19). The van der Waals surface area contributed by atoms with Crippen molar-refractivity contribution in [2.45, 2.75) is 51.0 Å². The number of aryl methyl sites for hydroxylation is 1. The highest BCUT2D eigenvalue weighted by atomic mass is 16.4. The number of piperidine rings is 1. The molecule has 110 valence electrons. The number of carboxylic acids is 1. The molecule has 2 atom stereocenters. The van der Waals surface area contributed by atoms with E-state index in [2.05, 4.69) is 11.0 Å². The van der Waals surface area contributed by atoms with Crippen LogP contribution in [-0.2, 0) is 11.2 Å². The first kappa shape index (κ1) is 13.7. The van der Waals surface area contributed by atoms with E-state index in [0.717, 1.165) is 31.7 Å². The normalized spacial score (nSPS) is 27.2. The summed E-state index contributed by atoms with van der Waals surface area (Å²) >= 11 is 0. The number of aliphatic carboxylic acids is 1. The highest BCUT2D eigenvalue weighted by Crippen LogP contribution is 2.37. The molecule has 0 bridgehead atoms. The predicted octanol–water partition coefficient (Wildman–Crippen LogP) is 3.23. The van der Waals surface area contributed by atoms with Gasteiger partial charge in [-0.2, -0.15) is 0 Å². The minimum Gasteiger partial charge on any atom is -0.481 e. The van der Waals surface area contributed by atoms with Crippen LogP contribution in [0, 0.1) is 5.92 Å². The summed E-state index contributed by atoms with van der Waals surface area (Å²) in [5.41, 5.74) is 1.37. The lowest BCUT2D eigenvalue weighted by atomic mass is 9.87. The quantitative estimate of drug-likeness (QED) is 0.918. The van der Waals surface area contributed by atoms with E-state index in [4.69, 9.17) is 9.52 Å². The number of fused-ring (bicyclic) bond motifs is 1. The van der Waals surface area contributed by atoms with Crippen LogP contribution in [0.4, 0.5) is 0 Å². The van der Waals surface area contributed by atoms with Crippen LogP contribution < -0.4 is 0 Å².